The summed E-state index contributed by atoms with van der Waals surface area (Å²) in [6.45, 7) is 0.891. The van der Waals surface area contributed by atoms with E-state index in [1.807, 2.05) is 0 Å². The first kappa shape index (κ1) is 14.3. The zero-order valence-corrected chi connectivity index (χ0v) is 13.4. The van der Waals surface area contributed by atoms with Gasteiger partial charge in [0.15, 0.2) is 0 Å². The summed E-state index contributed by atoms with van der Waals surface area (Å²) in [6, 6.07) is 4.73. The molecule has 7 heteroatoms. The lowest BCUT2D eigenvalue weighted by Gasteiger charge is -2.36. The maximum Gasteiger partial charge on any atom is 0.243 e. The number of fused-ring (bicyclic) bond motifs is 1. The van der Waals surface area contributed by atoms with Gasteiger partial charge in [0.25, 0.3) is 0 Å². The summed E-state index contributed by atoms with van der Waals surface area (Å²) in [7, 11) is -3.49. The highest BCUT2D eigenvalue weighted by Gasteiger charge is 2.42. The second-order valence-electron chi connectivity index (χ2n) is 5.21. The van der Waals surface area contributed by atoms with Crippen molar-refractivity contribution in [3.05, 3.63) is 22.7 Å². The highest BCUT2D eigenvalue weighted by Crippen LogP contribution is 2.34. The first-order valence-electron chi connectivity index (χ1n) is 6.68. The quantitative estimate of drug-likeness (QED) is 0.818. The van der Waals surface area contributed by atoms with Gasteiger partial charge in [0.05, 0.1) is 23.6 Å². The number of rotatable bonds is 2. The predicted octanol–water partition coefficient (Wildman–Crippen LogP) is 1.97. The molecule has 1 heterocycles. The van der Waals surface area contributed by atoms with Crippen LogP contribution in [-0.2, 0) is 14.8 Å². The lowest BCUT2D eigenvalue weighted by atomic mass is 10.2. The van der Waals surface area contributed by atoms with Crippen molar-refractivity contribution in [2.75, 3.05) is 18.9 Å². The average molecular weight is 361 g/mol. The third-order valence-corrected chi connectivity index (χ3v) is 6.62. The van der Waals surface area contributed by atoms with Gasteiger partial charge in [-0.2, -0.15) is 4.31 Å². The fraction of sp³-hybridized carbons (Fsp3) is 0.538. The van der Waals surface area contributed by atoms with Crippen molar-refractivity contribution in [2.24, 2.45) is 0 Å². The van der Waals surface area contributed by atoms with Crippen molar-refractivity contribution in [2.45, 2.75) is 36.3 Å². The van der Waals surface area contributed by atoms with E-state index in [1.54, 1.807) is 22.5 Å². The first-order chi connectivity index (χ1) is 9.50. The third kappa shape index (κ3) is 2.36. The molecule has 0 bridgehead atoms. The van der Waals surface area contributed by atoms with Crippen LogP contribution in [0.15, 0.2) is 27.6 Å². The molecule has 1 saturated heterocycles. The molecule has 1 aromatic carbocycles. The standard InChI is InChI=1S/C13H17BrN2O3S/c14-10-8-9(4-5-11(10)15)20(17,18)16-6-7-19-13-3-1-2-12(13)16/h4-5,8,12-13H,1-3,6-7,15H2. The molecular formula is C13H17BrN2O3S. The highest BCUT2D eigenvalue weighted by molar-refractivity contribution is 9.10. The molecule has 0 spiro atoms. The van der Waals surface area contributed by atoms with Crippen LogP contribution in [-0.4, -0.2) is 38.0 Å². The Balaban J connectivity index is 1.96. The first-order valence-corrected chi connectivity index (χ1v) is 8.92. The van der Waals surface area contributed by atoms with E-state index in [-0.39, 0.29) is 17.0 Å². The van der Waals surface area contributed by atoms with Crippen LogP contribution in [0.25, 0.3) is 0 Å². The molecule has 2 fully saturated rings. The monoisotopic (exact) mass is 360 g/mol. The van der Waals surface area contributed by atoms with E-state index in [2.05, 4.69) is 15.9 Å². The maximum absolute atomic E-state index is 12.8. The van der Waals surface area contributed by atoms with Gasteiger partial charge in [-0.25, -0.2) is 8.42 Å². The fourth-order valence-corrected chi connectivity index (χ4v) is 5.21. The summed E-state index contributed by atoms with van der Waals surface area (Å²) in [4.78, 5) is 0.283. The fourth-order valence-electron chi connectivity index (χ4n) is 2.99. The predicted molar refractivity (Wildman–Crippen MR) is 79.8 cm³/mol. The van der Waals surface area contributed by atoms with Gasteiger partial charge in [-0.15, -0.1) is 0 Å². The van der Waals surface area contributed by atoms with E-state index in [1.165, 1.54) is 0 Å². The summed E-state index contributed by atoms with van der Waals surface area (Å²) in [5.74, 6) is 0. The number of halogens is 1. The average Bonchev–Trinajstić information content (AvgIpc) is 2.89. The SMILES string of the molecule is Nc1ccc(S(=O)(=O)N2CCOC3CCCC32)cc1Br. The number of ether oxygens (including phenoxy) is 1. The van der Waals surface area contributed by atoms with Crippen molar-refractivity contribution >= 4 is 31.6 Å². The second kappa shape index (κ2) is 5.29. The minimum atomic E-state index is -3.49. The van der Waals surface area contributed by atoms with E-state index in [0.29, 0.717) is 23.3 Å². The topological polar surface area (TPSA) is 72.6 Å². The van der Waals surface area contributed by atoms with Crippen LogP contribution in [0.1, 0.15) is 19.3 Å². The normalized spacial score (nSPS) is 27.4. The Hall–Kier alpha value is -0.630. The molecule has 5 nitrogen and oxygen atoms in total. The molecule has 3 rings (SSSR count). The van der Waals surface area contributed by atoms with Gasteiger partial charge in [0.2, 0.25) is 10.0 Å². The van der Waals surface area contributed by atoms with Crippen LogP contribution in [0.5, 0.6) is 0 Å². The van der Waals surface area contributed by atoms with Crippen LogP contribution in [0, 0.1) is 0 Å². The van der Waals surface area contributed by atoms with Gasteiger partial charge in [0.1, 0.15) is 0 Å². The number of morpholine rings is 1. The van der Waals surface area contributed by atoms with E-state index < -0.39 is 10.0 Å². The minimum Gasteiger partial charge on any atom is -0.398 e. The minimum absolute atomic E-state index is 0.0231. The molecule has 0 radical (unpaired) electrons. The molecule has 1 saturated carbocycles. The van der Waals surface area contributed by atoms with Crippen molar-refractivity contribution in [3.8, 4) is 0 Å². The summed E-state index contributed by atoms with van der Waals surface area (Å²) in [5.41, 5.74) is 6.25. The molecule has 110 valence electrons. The Morgan fingerprint density at radius 1 is 1.35 bits per heavy atom. The zero-order chi connectivity index (χ0) is 14.3. The molecule has 2 aliphatic rings. The van der Waals surface area contributed by atoms with Crippen molar-refractivity contribution in [3.63, 3.8) is 0 Å². The highest BCUT2D eigenvalue weighted by atomic mass is 79.9. The number of hydrogen-bond donors (Lipinski definition) is 1. The molecule has 20 heavy (non-hydrogen) atoms. The van der Waals surface area contributed by atoms with Crippen LogP contribution < -0.4 is 5.73 Å². The van der Waals surface area contributed by atoms with Gasteiger partial charge in [-0.05, 0) is 53.4 Å². The van der Waals surface area contributed by atoms with E-state index >= 15 is 0 Å². The van der Waals surface area contributed by atoms with E-state index in [4.69, 9.17) is 10.5 Å². The Labute approximate surface area is 127 Å². The molecular weight excluding hydrogens is 344 g/mol. The number of benzene rings is 1. The molecule has 2 N–H and O–H groups in total. The van der Waals surface area contributed by atoms with E-state index in [9.17, 15) is 8.42 Å². The summed E-state index contributed by atoms with van der Waals surface area (Å²) in [5, 5.41) is 0. The van der Waals surface area contributed by atoms with E-state index in [0.717, 1.165) is 19.3 Å². The Morgan fingerprint density at radius 2 is 2.15 bits per heavy atom. The number of hydrogen-bond acceptors (Lipinski definition) is 4. The molecule has 0 amide bonds. The van der Waals surface area contributed by atoms with Gasteiger partial charge in [-0.3, -0.25) is 0 Å². The molecule has 1 aliphatic carbocycles. The van der Waals surface area contributed by atoms with Crippen molar-refractivity contribution in [1.82, 2.24) is 4.31 Å². The van der Waals surface area contributed by atoms with Crippen LogP contribution in [0.3, 0.4) is 0 Å². The van der Waals surface area contributed by atoms with Crippen LogP contribution >= 0.6 is 15.9 Å². The summed E-state index contributed by atoms with van der Waals surface area (Å²) < 4.78 is 33.5. The second-order valence-corrected chi connectivity index (χ2v) is 7.95. The maximum atomic E-state index is 12.8. The summed E-state index contributed by atoms with van der Waals surface area (Å²) in [6.07, 6.45) is 2.89. The number of sulfonamides is 1. The smallest absolute Gasteiger partial charge is 0.243 e. The van der Waals surface area contributed by atoms with Crippen molar-refractivity contribution in [1.29, 1.82) is 0 Å². The Bertz CT molecular complexity index is 620. The molecule has 1 aliphatic heterocycles. The Morgan fingerprint density at radius 3 is 2.90 bits per heavy atom. The number of anilines is 1. The molecule has 1 aromatic rings. The number of nitrogens with zero attached hydrogens (tertiary/aromatic N) is 1. The molecule has 2 atom stereocenters. The van der Waals surface area contributed by atoms with Gasteiger partial charge < -0.3 is 10.5 Å². The summed E-state index contributed by atoms with van der Waals surface area (Å²) >= 11 is 3.29. The van der Waals surface area contributed by atoms with Gasteiger partial charge >= 0.3 is 0 Å². The number of nitrogens with two attached hydrogens (primary N) is 1. The largest absolute Gasteiger partial charge is 0.398 e. The van der Waals surface area contributed by atoms with Crippen LogP contribution in [0.4, 0.5) is 5.69 Å². The third-order valence-electron chi connectivity index (χ3n) is 4.01. The van der Waals surface area contributed by atoms with Crippen molar-refractivity contribution < 1.29 is 13.2 Å². The Kier molecular flexibility index (Phi) is 3.79. The molecule has 0 aromatic heterocycles. The molecule has 2 unspecified atom stereocenters. The van der Waals surface area contributed by atoms with Crippen LogP contribution in [0.2, 0.25) is 0 Å². The van der Waals surface area contributed by atoms with Gasteiger partial charge in [-0.1, -0.05) is 0 Å². The van der Waals surface area contributed by atoms with Gasteiger partial charge in [0, 0.05) is 16.7 Å². The zero-order valence-electron chi connectivity index (χ0n) is 11.0. The lowest BCUT2D eigenvalue weighted by Crippen LogP contribution is -2.51. The lowest BCUT2D eigenvalue weighted by molar-refractivity contribution is -0.0241. The number of nitrogen functional groups attached to an aromatic ring is 1.